The molecule has 0 unspecified atom stereocenters. The van der Waals surface area contributed by atoms with Crippen LogP contribution >= 0.6 is 0 Å². The van der Waals surface area contributed by atoms with Crippen LogP contribution in [0.1, 0.15) is 35.3 Å². The number of aryl methyl sites for hydroxylation is 1. The lowest BCUT2D eigenvalue weighted by atomic mass is 9.97. The van der Waals surface area contributed by atoms with E-state index in [2.05, 4.69) is 0 Å². The summed E-state index contributed by atoms with van der Waals surface area (Å²) in [7, 11) is 0. The Balaban J connectivity index is 3.49. The summed E-state index contributed by atoms with van der Waals surface area (Å²) in [6.45, 7) is 3.85. The molecular weight excluding hydrogens is 194 g/mol. The topological polar surface area (TPSA) is 83.5 Å². The van der Waals surface area contributed by atoms with Crippen molar-refractivity contribution in [3.8, 4) is 5.75 Å². The molecule has 0 radical (unpaired) electrons. The van der Waals surface area contributed by atoms with Crippen molar-refractivity contribution in [3.63, 3.8) is 0 Å². The Labute approximate surface area is 88.3 Å². The standard InChI is InChI=1S/C11H15NO3/c1-3-6-5-8(11(14)15)10(13)9(12)7(6)4-2/h5,13H,3-4,12H2,1-2H3,(H,14,15). The zero-order chi connectivity index (χ0) is 11.6. The number of aromatic hydroxyl groups is 1. The molecule has 4 nitrogen and oxygen atoms in total. The maximum atomic E-state index is 10.8. The maximum Gasteiger partial charge on any atom is 0.339 e. The average molecular weight is 209 g/mol. The Morgan fingerprint density at radius 2 is 2.00 bits per heavy atom. The number of benzene rings is 1. The third kappa shape index (κ3) is 1.88. The van der Waals surface area contributed by atoms with Crippen LogP contribution in [0.4, 0.5) is 5.69 Å². The summed E-state index contributed by atoms with van der Waals surface area (Å²) < 4.78 is 0. The average Bonchev–Trinajstić information content (AvgIpc) is 2.21. The molecule has 0 amide bonds. The Hall–Kier alpha value is -1.71. The molecule has 0 bridgehead atoms. The van der Waals surface area contributed by atoms with Crippen LogP contribution in [0, 0.1) is 0 Å². The van der Waals surface area contributed by atoms with Crippen molar-refractivity contribution in [3.05, 3.63) is 22.8 Å². The van der Waals surface area contributed by atoms with Gasteiger partial charge in [0.05, 0.1) is 5.69 Å². The Bertz CT molecular complexity index is 399. The van der Waals surface area contributed by atoms with Gasteiger partial charge in [0.25, 0.3) is 0 Å². The fourth-order valence-electron chi connectivity index (χ4n) is 1.69. The molecule has 0 aliphatic rings. The number of hydrogen-bond acceptors (Lipinski definition) is 3. The monoisotopic (exact) mass is 209 g/mol. The van der Waals surface area contributed by atoms with Crippen molar-refractivity contribution in [1.29, 1.82) is 0 Å². The second kappa shape index (κ2) is 4.21. The number of hydrogen-bond donors (Lipinski definition) is 3. The van der Waals surface area contributed by atoms with Gasteiger partial charge in [-0.2, -0.15) is 0 Å². The fraction of sp³-hybridized carbons (Fsp3) is 0.364. The van der Waals surface area contributed by atoms with Crippen LogP contribution in [0.15, 0.2) is 6.07 Å². The molecule has 1 aromatic carbocycles. The van der Waals surface area contributed by atoms with E-state index in [0.29, 0.717) is 12.8 Å². The van der Waals surface area contributed by atoms with Gasteiger partial charge in [-0.3, -0.25) is 0 Å². The molecule has 0 spiro atoms. The van der Waals surface area contributed by atoms with E-state index >= 15 is 0 Å². The van der Waals surface area contributed by atoms with Gasteiger partial charge >= 0.3 is 5.97 Å². The van der Waals surface area contributed by atoms with E-state index in [0.717, 1.165) is 11.1 Å². The number of carbonyl (C=O) groups is 1. The van der Waals surface area contributed by atoms with E-state index in [9.17, 15) is 9.90 Å². The van der Waals surface area contributed by atoms with E-state index in [1.807, 2.05) is 13.8 Å². The number of anilines is 1. The lowest BCUT2D eigenvalue weighted by Crippen LogP contribution is -2.05. The van der Waals surface area contributed by atoms with Crippen molar-refractivity contribution < 1.29 is 15.0 Å². The summed E-state index contributed by atoms with van der Waals surface area (Å²) in [6.07, 6.45) is 1.39. The first kappa shape index (κ1) is 11.4. The van der Waals surface area contributed by atoms with Gasteiger partial charge in [0, 0.05) is 0 Å². The van der Waals surface area contributed by atoms with Gasteiger partial charge in [-0.15, -0.1) is 0 Å². The highest BCUT2D eigenvalue weighted by Crippen LogP contribution is 2.32. The van der Waals surface area contributed by atoms with Crippen LogP contribution in [-0.4, -0.2) is 16.2 Å². The highest BCUT2D eigenvalue weighted by molar-refractivity contribution is 5.94. The molecule has 0 aliphatic heterocycles. The second-order valence-corrected chi connectivity index (χ2v) is 3.34. The lowest BCUT2D eigenvalue weighted by Gasteiger charge is -2.13. The number of aromatic carboxylic acids is 1. The molecule has 1 aromatic rings. The normalized spacial score (nSPS) is 10.3. The van der Waals surface area contributed by atoms with Crippen molar-refractivity contribution in [2.75, 3.05) is 5.73 Å². The SMILES string of the molecule is CCc1cc(C(=O)O)c(O)c(N)c1CC. The van der Waals surface area contributed by atoms with Crippen LogP contribution in [0.3, 0.4) is 0 Å². The van der Waals surface area contributed by atoms with E-state index in [-0.39, 0.29) is 17.0 Å². The molecule has 0 atom stereocenters. The molecule has 0 aliphatic carbocycles. The summed E-state index contributed by atoms with van der Waals surface area (Å²) in [6, 6.07) is 1.49. The number of nitrogen functional groups attached to an aromatic ring is 1. The predicted octanol–water partition coefficient (Wildman–Crippen LogP) is 1.80. The molecular formula is C11H15NO3. The summed E-state index contributed by atoms with van der Waals surface area (Å²) in [5.41, 5.74) is 7.47. The summed E-state index contributed by atoms with van der Waals surface area (Å²) in [5, 5.41) is 18.5. The second-order valence-electron chi connectivity index (χ2n) is 3.34. The summed E-state index contributed by atoms with van der Waals surface area (Å²) >= 11 is 0. The molecule has 4 N–H and O–H groups in total. The molecule has 0 aromatic heterocycles. The quantitative estimate of drug-likeness (QED) is 0.523. The highest BCUT2D eigenvalue weighted by Gasteiger charge is 2.17. The first-order chi connectivity index (χ1) is 7.02. The number of carboxylic acids is 1. The molecule has 1 rings (SSSR count). The van der Waals surface area contributed by atoms with E-state index in [1.165, 1.54) is 6.07 Å². The lowest BCUT2D eigenvalue weighted by molar-refractivity contribution is 0.0693. The van der Waals surface area contributed by atoms with Crippen molar-refractivity contribution in [2.24, 2.45) is 0 Å². The minimum absolute atomic E-state index is 0.124. The zero-order valence-corrected chi connectivity index (χ0v) is 8.87. The minimum atomic E-state index is -1.16. The molecule has 0 fully saturated rings. The van der Waals surface area contributed by atoms with Crippen LogP contribution in [0.5, 0.6) is 5.75 Å². The third-order valence-electron chi connectivity index (χ3n) is 2.51. The third-order valence-corrected chi connectivity index (χ3v) is 2.51. The number of nitrogens with two attached hydrogens (primary N) is 1. The Kier molecular flexibility index (Phi) is 3.19. The fourth-order valence-corrected chi connectivity index (χ4v) is 1.69. The van der Waals surface area contributed by atoms with Gasteiger partial charge in [-0.25, -0.2) is 4.79 Å². The van der Waals surface area contributed by atoms with Crippen molar-refractivity contribution in [1.82, 2.24) is 0 Å². The zero-order valence-electron chi connectivity index (χ0n) is 8.87. The van der Waals surface area contributed by atoms with Crippen molar-refractivity contribution in [2.45, 2.75) is 26.7 Å². The van der Waals surface area contributed by atoms with Gasteiger partial charge in [0.2, 0.25) is 0 Å². The molecule has 0 saturated carbocycles. The van der Waals surface area contributed by atoms with Crippen LogP contribution in [-0.2, 0) is 12.8 Å². The first-order valence-electron chi connectivity index (χ1n) is 4.89. The number of phenols is 1. The van der Waals surface area contributed by atoms with Crippen LogP contribution < -0.4 is 5.73 Å². The van der Waals surface area contributed by atoms with E-state index < -0.39 is 5.97 Å². The maximum absolute atomic E-state index is 10.8. The van der Waals surface area contributed by atoms with Crippen molar-refractivity contribution >= 4 is 11.7 Å². The van der Waals surface area contributed by atoms with Crippen LogP contribution in [0.2, 0.25) is 0 Å². The number of rotatable bonds is 3. The van der Waals surface area contributed by atoms with Gasteiger partial charge in [-0.05, 0) is 30.0 Å². The molecule has 4 heteroatoms. The van der Waals surface area contributed by atoms with Crippen LogP contribution in [0.25, 0.3) is 0 Å². The molecule has 0 heterocycles. The molecule has 82 valence electrons. The predicted molar refractivity (Wildman–Crippen MR) is 58.2 cm³/mol. The largest absolute Gasteiger partial charge is 0.505 e. The van der Waals surface area contributed by atoms with E-state index in [4.69, 9.17) is 10.8 Å². The van der Waals surface area contributed by atoms with Gasteiger partial charge in [0.15, 0.2) is 5.75 Å². The Morgan fingerprint density at radius 1 is 1.40 bits per heavy atom. The Morgan fingerprint density at radius 3 is 2.40 bits per heavy atom. The highest BCUT2D eigenvalue weighted by atomic mass is 16.4. The van der Waals surface area contributed by atoms with Gasteiger partial charge < -0.3 is 15.9 Å². The smallest absolute Gasteiger partial charge is 0.339 e. The molecule has 15 heavy (non-hydrogen) atoms. The summed E-state index contributed by atoms with van der Waals surface area (Å²) in [4.78, 5) is 10.8. The van der Waals surface area contributed by atoms with Gasteiger partial charge in [0.1, 0.15) is 5.56 Å². The van der Waals surface area contributed by atoms with E-state index in [1.54, 1.807) is 0 Å². The summed E-state index contributed by atoms with van der Waals surface area (Å²) in [5.74, 6) is -1.48. The number of carboxylic acid groups (broad SMARTS) is 1. The first-order valence-corrected chi connectivity index (χ1v) is 4.89. The van der Waals surface area contributed by atoms with Gasteiger partial charge in [-0.1, -0.05) is 13.8 Å². The molecule has 0 saturated heterocycles. The minimum Gasteiger partial charge on any atom is -0.505 e.